The lowest BCUT2D eigenvalue weighted by Crippen LogP contribution is -2.16. The number of nitrogens with one attached hydrogen (secondary N) is 1. The highest BCUT2D eigenvalue weighted by Crippen LogP contribution is 2.32. The Morgan fingerprint density at radius 3 is 2.29 bits per heavy atom. The molecule has 0 amide bonds. The Kier molecular flexibility index (Phi) is 4.47. The second-order valence-electron chi connectivity index (χ2n) is 4.52. The molecule has 2 N–H and O–H groups in total. The third-order valence-corrected chi connectivity index (χ3v) is 2.95. The Hall–Kier alpha value is -2.08. The van der Waals surface area contributed by atoms with Crippen molar-refractivity contribution in [3.63, 3.8) is 0 Å². The van der Waals surface area contributed by atoms with Crippen LogP contribution in [0.25, 0.3) is 0 Å². The van der Waals surface area contributed by atoms with Gasteiger partial charge in [0.05, 0.1) is 18.2 Å². The highest BCUT2D eigenvalue weighted by atomic mass is 19.4. The van der Waals surface area contributed by atoms with Crippen LogP contribution >= 0.6 is 0 Å². The van der Waals surface area contributed by atoms with Crippen LogP contribution in [0.5, 0.6) is 0 Å². The van der Waals surface area contributed by atoms with Crippen molar-refractivity contribution in [1.82, 2.24) is 0 Å². The summed E-state index contributed by atoms with van der Waals surface area (Å²) >= 11 is 0. The molecule has 21 heavy (non-hydrogen) atoms. The van der Waals surface area contributed by atoms with Crippen molar-refractivity contribution in [2.75, 3.05) is 11.9 Å². The van der Waals surface area contributed by atoms with Crippen LogP contribution < -0.4 is 5.32 Å². The van der Waals surface area contributed by atoms with Crippen LogP contribution in [0.1, 0.15) is 17.2 Å². The summed E-state index contributed by atoms with van der Waals surface area (Å²) in [6, 6.07) is 10.1. The van der Waals surface area contributed by atoms with Gasteiger partial charge in [0.2, 0.25) is 0 Å². The Morgan fingerprint density at radius 2 is 1.71 bits per heavy atom. The Labute approximate surface area is 119 Å². The fourth-order valence-electron chi connectivity index (χ4n) is 1.95. The van der Waals surface area contributed by atoms with E-state index in [0.29, 0.717) is 11.8 Å². The van der Waals surface area contributed by atoms with Gasteiger partial charge >= 0.3 is 6.18 Å². The quantitative estimate of drug-likeness (QED) is 0.837. The van der Waals surface area contributed by atoms with Gasteiger partial charge in [0.15, 0.2) is 0 Å². The van der Waals surface area contributed by atoms with E-state index in [-0.39, 0.29) is 5.56 Å². The third kappa shape index (κ3) is 3.95. The largest absolute Gasteiger partial charge is 0.416 e. The van der Waals surface area contributed by atoms with E-state index in [4.69, 9.17) is 0 Å². The minimum absolute atomic E-state index is 0.0358. The minimum Gasteiger partial charge on any atom is -0.394 e. The monoisotopic (exact) mass is 299 g/mol. The molecule has 0 fully saturated rings. The lowest BCUT2D eigenvalue weighted by Gasteiger charge is -2.19. The molecular formula is C15H13F4NO. The summed E-state index contributed by atoms with van der Waals surface area (Å²) in [5, 5.41) is 12.2. The maximum absolute atomic E-state index is 13.4. The molecular weight excluding hydrogens is 286 g/mol. The summed E-state index contributed by atoms with van der Waals surface area (Å²) in [5.41, 5.74) is -0.422. The summed E-state index contributed by atoms with van der Waals surface area (Å²) in [7, 11) is 0. The zero-order valence-electron chi connectivity index (χ0n) is 10.9. The van der Waals surface area contributed by atoms with E-state index in [9.17, 15) is 22.7 Å². The molecule has 0 aliphatic carbocycles. The predicted octanol–water partition coefficient (Wildman–Crippen LogP) is 3.99. The van der Waals surface area contributed by atoms with Crippen LogP contribution in [0.15, 0.2) is 48.5 Å². The van der Waals surface area contributed by atoms with Gasteiger partial charge in [-0.1, -0.05) is 18.2 Å². The van der Waals surface area contributed by atoms with Gasteiger partial charge in [-0.15, -0.1) is 0 Å². The summed E-state index contributed by atoms with van der Waals surface area (Å²) in [5.74, 6) is -0.992. The number of alkyl halides is 3. The smallest absolute Gasteiger partial charge is 0.394 e. The highest BCUT2D eigenvalue weighted by molar-refractivity contribution is 5.45. The van der Waals surface area contributed by atoms with Gasteiger partial charge in [-0.05, 0) is 35.9 Å². The minimum atomic E-state index is -4.64. The zero-order chi connectivity index (χ0) is 15.5. The Balaban J connectivity index is 2.32. The standard InChI is InChI=1S/C15H13F4NO/c16-12-7-10(6-11(8-12)15(17,18)19)14(9-21)20-13-4-2-1-3-5-13/h1-8,14,20-21H,9H2. The lowest BCUT2D eigenvalue weighted by molar-refractivity contribution is -0.137. The summed E-state index contributed by atoms with van der Waals surface area (Å²) in [6.45, 7) is -0.463. The maximum Gasteiger partial charge on any atom is 0.416 e. The predicted molar refractivity (Wildman–Crippen MR) is 71.3 cm³/mol. The first kappa shape index (κ1) is 15.3. The first-order chi connectivity index (χ1) is 9.90. The van der Waals surface area contributed by atoms with E-state index in [0.717, 1.165) is 12.1 Å². The zero-order valence-corrected chi connectivity index (χ0v) is 10.9. The first-order valence-corrected chi connectivity index (χ1v) is 6.20. The number of benzene rings is 2. The van der Waals surface area contributed by atoms with Crippen LogP contribution in [0, 0.1) is 5.82 Å². The average molecular weight is 299 g/mol. The summed E-state index contributed by atoms with van der Waals surface area (Å²) in [4.78, 5) is 0. The number of rotatable bonds is 4. The number of anilines is 1. The van der Waals surface area contributed by atoms with Gasteiger partial charge in [-0.25, -0.2) is 4.39 Å². The van der Waals surface area contributed by atoms with Crippen LogP contribution in [-0.2, 0) is 6.18 Å². The van der Waals surface area contributed by atoms with Crippen LogP contribution in [0.4, 0.5) is 23.2 Å². The van der Waals surface area contributed by atoms with Gasteiger partial charge in [-0.3, -0.25) is 0 Å². The van der Waals surface area contributed by atoms with Crippen molar-refractivity contribution in [3.05, 3.63) is 65.5 Å². The van der Waals surface area contributed by atoms with Gasteiger partial charge in [0, 0.05) is 5.69 Å². The van der Waals surface area contributed by atoms with Crippen molar-refractivity contribution in [1.29, 1.82) is 0 Å². The first-order valence-electron chi connectivity index (χ1n) is 6.20. The number of hydrogen-bond acceptors (Lipinski definition) is 2. The molecule has 6 heteroatoms. The molecule has 2 rings (SSSR count). The molecule has 0 saturated heterocycles. The Morgan fingerprint density at radius 1 is 1.05 bits per heavy atom. The summed E-state index contributed by atoms with van der Waals surface area (Å²) in [6.07, 6.45) is -4.64. The lowest BCUT2D eigenvalue weighted by atomic mass is 10.0. The van der Waals surface area contributed by atoms with Crippen molar-refractivity contribution < 1.29 is 22.7 Å². The van der Waals surface area contributed by atoms with Gasteiger partial charge in [0.25, 0.3) is 0 Å². The molecule has 0 bridgehead atoms. The molecule has 1 atom stereocenters. The summed E-state index contributed by atoms with van der Waals surface area (Å²) < 4.78 is 51.5. The highest BCUT2D eigenvalue weighted by Gasteiger charge is 2.32. The molecule has 2 nitrogen and oxygen atoms in total. The van der Waals surface area contributed by atoms with Crippen molar-refractivity contribution in [2.24, 2.45) is 0 Å². The molecule has 0 aliphatic rings. The van der Waals surface area contributed by atoms with E-state index in [1.165, 1.54) is 0 Å². The number of hydrogen-bond donors (Lipinski definition) is 2. The molecule has 0 heterocycles. The van der Waals surface area contributed by atoms with Crippen LogP contribution in [-0.4, -0.2) is 11.7 Å². The molecule has 0 spiro atoms. The second kappa shape index (κ2) is 6.13. The van der Waals surface area contributed by atoms with Crippen LogP contribution in [0.3, 0.4) is 0 Å². The molecule has 1 unspecified atom stereocenters. The number of aliphatic hydroxyl groups is 1. The molecule has 0 radical (unpaired) electrons. The van der Waals surface area contributed by atoms with E-state index in [1.54, 1.807) is 30.3 Å². The van der Waals surface area contributed by atoms with Crippen molar-refractivity contribution in [3.8, 4) is 0 Å². The van der Waals surface area contributed by atoms with E-state index >= 15 is 0 Å². The molecule has 0 aliphatic heterocycles. The molecule has 2 aromatic rings. The van der Waals surface area contributed by atoms with E-state index < -0.39 is 30.2 Å². The van der Waals surface area contributed by atoms with Crippen LogP contribution in [0.2, 0.25) is 0 Å². The topological polar surface area (TPSA) is 32.3 Å². The van der Waals surface area contributed by atoms with Gasteiger partial charge in [0.1, 0.15) is 5.82 Å². The van der Waals surface area contributed by atoms with Gasteiger partial charge < -0.3 is 10.4 Å². The fourth-order valence-corrected chi connectivity index (χ4v) is 1.95. The molecule has 0 aromatic heterocycles. The Bertz CT molecular complexity index is 598. The SMILES string of the molecule is OCC(Nc1ccccc1)c1cc(F)cc(C(F)(F)F)c1. The van der Waals surface area contributed by atoms with Gasteiger partial charge in [-0.2, -0.15) is 13.2 Å². The fraction of sp³-hybridized carbons (Fsp3) is 0.200. The van der Waals surface area contributed by atoms with E-state index in [1.807, 2.05) is 0 Å². The molecule has 0 saturated carbocycles. The number of halogens is 4. The third-order valence-electron chi connectivity index (χ3n) is 2.95. The van der Waals surface area contributed by atoms with Crippen molar-refractivity contribution >= 4 is 5.69 Å². The van der Waals surface area contributed by atoms with E-state index in [2.05, 4.69) is 5.32 Å². The molecule has 112 valence electrons. The number of aliphatic hydroxyl groups excluding tert-OH is 1. The number of para-hydroxylation sites is 1. The average Bonchev–Trinajstić information content (AvgIpc) is 2.44. The molecule has 2 aromatic carbocycles. The maximum atomic E-state index is 13.4. The van der Waals surface area contributed by atoms with Crippen molar-refractivity contribution in [2.45, 2.75) is 12.2 Å². The normalized spacial score (nSPS) is 13.0. The second-order valence-corrected chi connectivity index (χ2v) is 4.52.